The van der Waals surface area contributed by atoms with Crippen molar-refractivity contribution in [3.63, 3.8) is 0 Å². The number of nitrogens with zero attached hydrogens (tertiary/aromatic N) is 2. The summed E-state index contributed by atoms with van der Waals surface area (Å²) in [6, 6.07) is 1.54. The third kappa shape index (κ3) is 5.60. The van der Waals surface area contributed by atoms with Gasteiger partial charge >= 0.3 is 5.97 Å². The maximum absolute atomic E-state index is 11.0. The minimum atomic E-state index is -0.872. The van der Waals surface area contributed by atoms with E-state index in [1.807, 2.05) is 0 Å². The van der Waals surface area contributed by atoms with Gasteiger partial charge in [0.25, 0.3) is 0 Å². The molecular weight excluding hydrogens is 222 g/mol. The van der Waals surface area contributed by atoms with Gasteiger partial charge < -0.3 is 10.4 Å². The highest BCUT2D eigenvalue weighted by Crippen LogP contribution is 2.05. The van der Waals surface area contributed by atoms with Crippen molar-refractivity contribution in [3.8, 4) is 0 Å². The summed E-state index contributed by atoms with van der Waals surface area (Å²) in [7, 11) is 0. The van der Waals surface area contributed by atoms with Gasteiger partial charge in [-0.1, -0.05) is 0 Å². The molecule has 1 amide bonds. The van der Waals surface area contributed by atoms with Crippen molar-refractivity contribution < 1.29 is 14.7 Å². The van der Waals surface area contributed by atoms with Gasteiger partial charge in [0.1, 0.15) is 6.33 Å². The van der Waals surface area contributed by atoms with Crippen LogP contribution in [0.25, 0.3) is 0 Å². The lowest BCUT2D eigenvalue weighted by atomic mass is 10.1. The van der Waals surface area contributed by atoms with E-state index < -0.39 is 5.97 Å². The van der Waals surface area contributed by atoms with Gasteiger partial charge in [-0.05, 0) is 12.5 Å². The Balaban J connectivity index is 2.56. The van der Waals surface area contributed by atoms with Crippen LogP contribution in [0.15, 0.2) is 18.6 Å². The van der Waals surface area contributed by atoms with Crippen LogP contribution in [0.1, 0.15) is 25.5 Å². The fourth-order valence-electron chi connectivity index (χ4n) is 1.50. The predicted octanol–water partition coefficient (Wildman–Crippen LogP) is 0.389. The van der Waals surface area contributed by atoms with Crippen molar-refractivity contribution in [3.05, 3.63) is 24.3 Å². The topological polar surface area (TPSA) is 92.2 Å². The smallest absolute Gasteiger partial charge is 0.303 e. The first-order chi connectivity index (χ1) is 8.08. The van der Waals surface area contributed by atoms with Gasteiger partial charge in [0, 0.05) is 37.7 Å². The molecule has 0 spiro atoms. The number of aliphatic carboxylic acids is 1. The lowest BCUT2D eigenvalue weighted by Gasteiger charge is -2.16. The summed E-state index contributed by atoms with van der Waals surface area (Å²) >= 11 is 0. The number of carboxylic acids is 1. The maximum atomic E-state index is 11.0. The zero-order chi connectivity index (χ0) is 12.7. The highest BCUT2D eigenvalue weighted by atomic mass is 16.4. The van der Waals surface area contributed by atoms with Crippen molar-refractivity contribution in [2.45, 2.75) is 32.2 Å². The summed E-state index contributed by atoms with van der Waals surface area (Å²) in [6.07, 6.45) is 3.96. The van der Waals surface area contributed by atoms with Gasteiger partial charge in [0.15, 0.2) is 0 Å². The zero-order valence-electron chi connectivity index (χ0n) is 9.59. The molecule has 0 aliphatic heterocycles. The van der Waals surface area contributed by atoms with Crippen molar-refractivity contribution in [2.24, 2.45) is 0 Å². The van der Waals surface area contributed by atoms with Gasteiger partial charge in [0.05, 0.1) is 0 Å². The molecule has 1 rings (SSSR count). The van der Waals surface area contributed by atoms with E-state index in [2.05, 4.69) is 15.3 Å². The normalized spacial score (nSPS) is 11.8. The summed E-state index contributed by atoms with van der Waals surface area (Å²) in [4.78, 5) is 29.3. The summed E-state index contributed by atoms with van der Waals surface area (Å²) < 4.78 is 0. The Labute approximate surface area is 99.1 Å². The molecule has 2 N–H and O–H groups in total. The van der Waals surface area contributed by atoms with E-state index in [1.165, 1.54) is 13.3 Å². The molecule has 1 unspecified atom stereocenters. The van der Waals surface area contributed by atoms with Crippen LogP contribution in [-0.2, 0) is 16.0 Å². The van der Waals surface area contributed by atoms with E-state index in [1.54, 1.807) is 12.3 Å². The van der Waals surface area contributed by atoms with E-state index >= 15 is 0 Å². The number of aromatic nitrogens is 2. The molecular formula is C11H15N3O3. The number of rotatable bonds is 6. The first kappa shape index (κ1) is 13.1. The van der Waals surface area contributed by atoms with Crippen molar-refractivity contribution >= 4 is 11.9 Å². The van der Waals surface area contributed by atoms with Gasteiger partial charge in [0.2, 0.25) is 5.91 Å². The van der Waals surface area contributed by atoms with Crippen LogP contribution in [-0.4, -0.2) is 33.0 Å². The molecule has 0 fully saturated rings. The predicted molar refractivity (Wildman–Crippen MR) is 60.2 cm³/mol. The third-order valence-electron chi connectivity index (χ3n) is 2.21. The van der Waals surface area contributed by atoms with Gasteiger partial charge in [-0.25, -0.2) is 9.97 Å². The van der Waals surface area contributed by atoms with Gasteiger partial charge in [-0.15, -0.1) is 0 Å². The van der Waals surface area contributed by atoms with Crippen molar-refractivity contribution in [1.82, 2.24) is 15.3 Å². The number of hydrogen-bond donors (Lipinski definition) is 2. The number of nitrogens with one attached hydrogen (secondary N) is 1. The minimum Gasteiger partial charge on any atom is -0.481 e. The van der Waals surface area contributed by atoms with Crippen LogP contribution < -0.4 is 5.32 Å². The molecule has 6 nitrogen and oxygen atoms in total. The lowest BCUT2D eigenvalue weighted by molar-refractivity contribution is -0.137. The first-order valence-electron chi connectivity index (χ1n) is 5.31. The van der Waals surface area contributed by atoms with E-state index in [0.29, 0.717) is 12.8 Å². The van der Waals surface area contributed by atoms with Crippen molar-refractivity contribution in [1.29, 1.82) is 0 Å². The van der Waals surface area contributed by atoms with E-state index in [-0.39, 0.29) is 18.4 Å². The first-order valence-corrected chi connectivity index (χ1v) is 5.31. The highest BCUT2D eigenvalue weighted by Gasteiger charge is 2.13. The molecule has 0 aliphatic rings. The number of carboxylic acid groups (broad SMARTS) is 1. The van der Waals surface area contributed by atoms with Crippen LogP contribution in [0.3, 0.4) is 0 Å². The van der Waals surface area contributed by atoms with Crippen LogP contribution in [0.5, 0.6) is 0 Å². The molecule has 1 aromatic rings. The average Bonchev–Trinajstić information content (AvgIpc) is 2.26. The second kappa shape index (κ2) is 6.57. The SMILES string of the molecule is CC(=O)NC(CCC(=O)O)Cc1ccncn1. The molecule has 0 bridgehead atoms. The Kier molecular flexibility index (Phi) is 5.06. The van der Waals surface area contributed by atoms with Crippen molar-refractivity contribution in [2.75, 3.05) is 0 Å². The molecule has 0 aromatic carbocycles. The largest absolute Gasteiger partial charge is 0.481 e. The fraction of sp³-hybridized carbons (Fsp3) is 0.455. The number of hydrogen-bond acceptors (Lipinski definition) is 4. The maximum Gasteiger partial charge on any atom is 0.303 e. The van der Waals surface area contributed by atoms with Crippen LogP contribution in [0.2, 0.25) is 0 Å². The number of carbonyl (C=O) groups is 2. The van der Waals surface area contributed by atoms with E-state index in [0.717, 1.165) is 5.69 Å². The lowest BCUT2D eigenvalue weighted by Crippen LogP contribution is -2.35. The fourth-order valence-corrected chi connectivity index (χ4v) is 1.50. The molecule has 0 radical (unpaired) electrons. The third-order valence-corrected chi connectivity index (χ3v) is 2.21. The molecule has 1 atom stereocenters. The summed E-state index contributed by atoms with van der Waals surface area (Å²) in [5, 5.41) is 11.3. The van der Waals surface area contributed by atoms with Gasteiger partial charge in [-0.3, -0.25) is 9.59 Å². The molecule has 0 aliphatic carbocycles. The Hall–Kier alpha value is -1.98. The monoisotopic (exact) mass is 237 g/mol. The quantitative estimate of drug-likeness (QED) is 0.746. The minimum absolute atomic E-state index is 0.0238. The summed E-state index contributed by atoms with van der Waals surface area (Å²) in [5.74, 6) is -1.04. The molecule has 6 heteroatoms. The number of amides is 1. The van der Waals surface area contributed by atoms with E-state index in [9.17, 15) is 9.59 Å². The molecule has 1 heterocycles. The van der Waals surface area contributed by atoms with Gasteiger partial charge in [-0.2, -0.15) is 0 Å². The molecule has 92 valence electrons. The second-order valence-electron chi connectivity index (χ2n) is 3.73. The zero-order valence-corrected chi connectivity index (χ0v) is 9.59. The summed E-state index contributed by atoms with van der Waals surface area (Å²) in [5.41, 5.74) is 0.782. The Morgan fingerprint density at radius 3 is 2.82 bits per heavy atom. The average molecular weight is 237 g/mol. The van der Waals surface area contributed by atoms with Crippen LogP contribution >= 0.6 is 0 Å². The Morgan fingerprint density at radius 1 is 1.53 bits per heavy atom. The summed E-state index contributed by atoms with van der Waals surface area (Å²) in [6.45, 7) is 1.41. The molecule has 0 saturated heterocycles. The molecule has 1 aromatic heterocycles. The van der Waals surface area contributed by atoms with E-state index in [4.69, 9.17) is 5.11 Å². The second-order valence-corrected chi connectivity index (χ2v) is 3.73. The molecule has 0 saturated carbocycles. The highest BCUT2D eigenvalue weighted by molar-refractivity contribution is 5.73. The Bertz CT molecular complexity index is 381. The number of carbonyl (C=O) groups excluding carboxylic acids is 1. The Morgan fingerprint density at radius 2 is 2.29 bits per heavy atom. The molecule has 17 heavy (non-hydrogen) atoms. The van der Waals surface area contributed by atoms with Crippen LogP contribution in [0.4, 0.5) is 0 Å². The standard InChI is InChI=1S/C11H15N3O3/c1-8(15)14-10(2-3-11(16)17)6-9-4-5-12-7-13-9/h4-5,7,10H,2-3,6H2,1H3,(H,14,15)(H,16,17). The van der Waals surface area contributed by atoms with Crippen LogP contribution in [0, 0.1) is 0 Å².